The number of rotatable bonds is 3. The van der Waals surface area contributed by atoms with Crippen molar-refractivity contribution in [1.82, 2.24) is 4.98 Å². The van der Waals surface area contributed by atoms with Gasteiger partial charge in [-0.1, -0.05) is 0 Å². The minimum absolute atomic E-state index is 0.131. The molecule has 1 N–H and O–H groups in total. The molecule has 1 aromatic carbocycles. The van der Waals surface area contributed by atoms with Crippen molar-refractivity contribution in [2.24, 2.45) is 0 Å². The van der Waals surface area contributed by atoms with Crippen LogP contribution in [0.1, 0.15) is 15.9 Å². The van der Waals surface area contributed by atoms with E-state index in [9.17, 15) is 14.9 Å². The van der Waals surface area contributed by atoms with Crippen molar-refractivity contribution in [3.8, 4) is 0 Å². The van der Waals surface area contributed by atoms with Gasteiger partial charge in [0.2, 0.25) is 0 Å². The van der Waals surface area contributed by atoms with Crippen molar-refractivity contribution >= 4 is 17.3 Å². The first-order chi connectivity index (χ1) is 10.2. The second kappa shape index (κ2) is 5.20. The average molecular weight is 284 g/mol. The SMILES string of the molecule is O=C(c1ccc2c(c1)CCN2)N(c1cccnc1)[N+](=O)[O-]. The van der Waals surface area contributed by atoms with E-state index in [2.05, 4.69) is 10.3 Å². The van der Waals surface area contributed by atoms with Crippen LogP contribution in [-0.4, -0.2) is 22.5 Å². The van der Waals surface area contributed by atoms with Gasteiger partial charge in [-0.3, -0.25) is 9.78 Å². The van der Waals surface area contributed by atoms with Crippen LogP contribution >= 0.6 is 0 Å². The number of amides is 1. The smallest absolute Gasteiger partial charge is 0.320 e. The monoisotopic (exact) mass is 284 g/mol. The van der Waals surface area contributed by atoms with Gasteiger partial charge in [0.1, 0.15) is 5.69 Å². The van der Waals surface area contributed by atoms with Crippen LogP contribution in [0.25, 0.3) is 0 Å². The minimum Gasteiger partial charge on any atom is -0.384 e. The first-order valence-corrected chi connectivity index (χ1v) is 6.42. The molecule has 0 unspecified atom stereocenters. The maximum atomic E-state index is 12.4. The predicted octanol–water partition coefficient (Wildman–Crippen LogP) is 1.89. The molecule has 21 heavy (non-hydrogen) atoms. The number of nitrogens with zero attached hydrogens (tertiary/aromatic N) is 3. The number of aromatic nitrogens is 1. The number of hydrogen-bond acceptors (Lipinski definition) is 5. The van der Waals surface area contributed by atoms with Crippen LogP contribution < -0.4 is 10.3 Å². The van der Waals surface area contributed by atoms with Crippen LogP contribution in [0.5, 0.6) is 0 Å². The molecule has 0 saturated carbocycles. The molecule has 0 spiro atoms. The van der Waals surface area contributed by atoms with Crippen molar-refractivity contribution in [3.05, 3.63) is 64.0 Å². The molecule has 1 aliphatic rings. The molecule has 0 saturated heterocycles. The number of anilines is 2. The summed E-state index contributed by atoms with van der Waals surface area (Å²) in [5.74, 6) is -0.678. The van der Waals surface area contributed by atoms with E-state index in [0.29, 0.717) is 5.01 Å². The molecule has 1 aliphatic heterocycles. The molecule has 0 radical (unpaired) electrons. The quantitative estimate of drug-likeness (QED) is 0.686. The largest absolute Gasteiger partial charge is 0.384 e. The summed E-state index contributed by atoms with van der Waals surface area (Å²) in [6.45, 7) is 0.814. The van der Waals surface area contributed by atoms with Crippen LogP contribution in [0.2, 0.25) is 0 Å². The van der Waals surface area contributed by atoms with Crippen molar-refractivity contribution < 1.29 is 9.83 Å². The molecule has 7 nitrogen and oxygen atoms in total. The fourth-order valence-corrected chi connectivity index (χ4v) is 2.32. The molecule has 3 rings (SSSR count). The lowest BCUT2D eigenvalue weighted by Gasteiger charge is -2.12. The molecule has 106 valence electrons. The molecule has 1 aromatic heterocycles. The van der Waals surface area contributed by atoms with Gasteiger partial charge in [0, 0.05) is 24.0 Å². The lowest BCUT2D eigenvalue weighted by molar-refractivity contribution is -0.481. The zero-order valence-electron chi connectivity index (χ0n) is 11.0. The van der Waals surface area contributed by atoms with E-state index in [4.69, 9.17) is 0 Å². The van der Waals surface area contributed by atoms with Crippen LogP contribution in [0.4, 0.5) is 11.4 Å². The number of benzene rings is 1. The highest BCUT2D eigenvalue weighted by molar-refractivity contribution is 6.04. The first kappa shape index (κ1) is 13.0. The standard InChI is InChI=1S/C14H12N4O3/c19-14(11-3-4-13-10(8-11)5-7-16-13)17(18(20)21)12-2-1-6-15-9-12/h1-4,6,8-9,16H,5,7H2. The highest BCUT2D eigenvalue weighted by Crippen LogP contribution is 2.24. The Balaban J connectivity index is 1.97. The predicted molar refractivity (Wildman–Crippen MR) is 76.7 cm³/mol. The number of hydrogen-bond donors (Lipinski definition) is 1. The van der Waals surface area contributed by atoms with Gasteiger partial charge in [0.15, 0.2) is 5.03 Å². The maximum Gasteiger partial charge on any atom is 0.320 e. The number of nitro groups is 1. The highest BCUT2D eigenvalue weighted by atomic mass is 16.7. The molecular weight excluding hydrogens is 272 g/mol. The van der Waals surface area contributed by atoms with Crippen molar-refractivity contribution in [2.45, 2.75) is 6.42 Å². The number of carbonyl (C=O) groups is 1. The number of hydrazine groups is 1. The van der Waals surface area contributed by atoms with Gasteiger partial charge in [0.25, 0.3) is 0 Å². The lowest BCUT2D eigenvalue weighted by atomic mass is 10.1. The Labute approximate surface area is 120 Å². The minimum atomic E-state index is -0.731. The second-order valence-electron chi connectivity index (χ2n) is 4.61. The average Bonchev–Trinajstić information content (AvgIpc) is 2.95. The normalized spacial score (nSPS) is 12.4. The summed E-state index contributed by atoms with van der Waals surface area (Å²) in [4.78, 5) is 27.5. The van der Waals surface area contributed by atoms with Gasteiger partial charge >= 0.3 is 5.91 Å². The number of nitrogens with one attached hydrogen (secondary N) is 1. The van der Waals surface area contributed by atoms with Crippen molar-refractivity contribution in [1.29, 1.82) is 0 Å². The number of carbonyl (C=O) groups excluding carboxylic acids is 1. The molecule has 2 heterocycles. The first-order valence-electron chi connectivity index (χ1n) is 6.42. The van der Waals surface area contributed by atoms with Gasteiger partial charge in [0.05, 0.1) is 6.20 Å². The lowest BCUT2D eigenvalue weighted by Crippen LogP contribution is -2.36. The molecule has 7 heteroatoms. The summed E-state index contributed by atoms with van der Waals surface area (Å²) in [6.07, 6.45) is 3.59. The van der Waals surface area contributed by atoms with E-state index in [0.717, 1.165) is 24.2 Å². The van der Waals surface area contributed by atoms with Crippen LogP contribution in [0, 0.1) is 10.1 Å². The summed E-state index contributed by atoms with van der Waals surface area (Å²) >= 11 is 0. The summed E-state index contributed by atoms with van der Waals surface area (Å²) in [7, 11) is 0. The van der Waals surface area contributed by atoms with Crippen molar-refractivity contribution in [3.63, 3.8) is 0 Å². The molecule has 0 aliphatic carbocycles. The Morgan fingerprint density at radius 1 is 1.38 bits per heavy atom. The Bertz CT molecular complexity index is 703. The van der Waals surface area contributed by atoms with Crippen LogP contribution in [0.3, 0.4) is 0 Å². The van der Waals surface area contributed by atoms with Crippen molar-refractivity contribution in [2.75, 3.05) is 16.9 Å². The van der Waals surface area contributed by atoms with Crippen LogP contribution in [0.15, 0.2) is 42.7 Å². The third kappa shape index (κ3) is 2.40. The Morgan fingerprint density at radius 2 is 2.24 bits per heavy atom. The number of fused-ring (bicyclic) bond motifs is 1. The highest BCUT2D eigenvalue weighted by Gasteiger charge is 2.29. The molecule has 1 amide bonds. The van der Waals surface area contributed by atoms with E-state index in [-0.39, 0.29) is 11.3 Å². The van der Waals surface area contributed by atoms with E-state index in [1.807, 2.05) is 0 Å². The van der Waals surface area contributed by atoms with E-state index in [1.54, 1.807) is 24.3 Å². The number of pyridine rings is 1. The van der Waals surface area contributed by atoms with Gasteiger partial charge in [-0.2, -0.15) is 0 Å². The maximum absolute atomic E-state index is 12.4. The molecular formula is C14H12N4O3. The van der Waals surface area contributed by atoms with E-state index < -0.39 is 10.9 Å². The summed E-state index contributed by atoms with van der Waals surface area (Å²) in [6, 6.07) is 8.09. The summed E-state index contributed by atoms with van der Waals surface area (Å²) in [5, 5.41) is 14.2. The molecule has 0 bridgehead atoms. The zero-order valence-corrected chi connectivity index (χ0v) is 11.0. The van der Waals surface area contributed by atoms with Gasteiger partial charge < -0.3 is 5.32 Å². The summed E-state index contributed by atoms with van der Waals surface area (Å²) in [5.41, 5.74) is 2.39. The Morgan fingerprint density at radius 3 is 2.95 bits per heavy atom. The Kier molecular flexibility index (Phi) is 3.23. The van der Waals surface area contributed by atoms with Gasteiger partial charge in [-0.15, -0.1) is 0 Å². The second-order valence-corrected chi connectivity index (χ2v) is 4.61. The molecule has 0 fully saturated rings. The van der Waals surface area contributed by atoms with E-state index >= 15 is 0 Å². The summed E-state index contributed by atoms with van der Waals surface area (Å²) < 4.78 is 0. The fraction of sp³-hybridized carbons (Fsp3) is 0.143. The molecule has 2 aromatic rings. The third-order valence-corrected chi connectivity index (χ3v) is 3.31. The van der Waals surface area contributed by atoms with E-state index in [1.165, 1.54) is 18.5 Å². The fourth-order valence-electron chi connectivity index (χ4n) is 2.32. The van der Waals surface area contributed by atoms with Gasteiger partial charge in [-0.25, -0.2) is 10.1 Å². The Hall–Kier alpha value is -2.96. The zero-order chi connectivity index (χ0) is 14.8. The third-order valence-electron chi connectivity index (χ3n) is 3.31. The topological polar surface area (TPSA) is 88.4 Å². The van der Waals surface area contributed by atoms with Gasteiger partial charge in [-0.05, 0) is 47.3 Å². The molecule has 0 atom stereocenters. The van der Waals surface area contributed by atoms with Crippen LogP contribution in [-0.2, 0) is 6.42 Å².